The Morgan fingerprint density at radius 3 is 2.85 bits per heavy atom. The van der Waals surface area contributed by atoms with Crippen LogP contribution in [0.4, 0.5) is 0 Å². The van der Waals surface area contributed by atoms with Crippen molar-refractivity contribution in [2.45, 2.75) is 38.5 Å². The van der Waals surface area contributed by atoms with E-state index in [1.165, 1.54) is 10.8 Å². The first-order valence-electron chi connectivity index (χ1n) is 8.70. The number of hydrogen-bond acceptors (Lipinski definition) is 5. The number of aliphatic hydroxyl groups is 1. The molecule has 140 valence electrons. The first-order valence-corrected chi connectivity index (χ1v) is 8.70. The molecule has 3 rings (SSSR count). The van der Waals surface area contributed by atoms with Gasteiger partial charge in [-0.3, -0.25) is 19.2 Å². The van der Waals surface area contributed by atoms with Crippen LogP contribution in [0.2, 0.25) is 0 Å². The number of rotatable bonds is 4. The predicted octanol–water partition coefficient (Wildman–Crippen LogP) is 1.05. The fourth-order valence-corrected chi connectivity index (χ4v) is 3.67. The van der Waals surface area contributed by atoms with Crippen molar-refractivity contribution in [3.8, 4) is 5.75 Å². The van der Waals surface area contributed by atoms with Crippen molar-refractivity contribution in [1.82, 2.24) is 14.5 Å². The Morgan fingerprint density at radius 2 is 2.15 bits per heavy atom. The summed E-state index contributed by atoms with van der Waals surface area (Å²) in [4.78, 5) is 28.3. The van der Waals surface area contributed by atoms with Crippen molar-refractivity contribution in [1.29, 1.82) is 0 Å². The molecule has 1 fully saturated rings. The van der Waals surface area contributed by atoms with E-state index in [0.717, 1.165) is 17.9 Å². The van der Waals surface area contributed by atoms with E-state index >= 15 is 0 Å². The SMILES string of the molecule is COc1cccc(CN2CC[C@H](n3cc(C)c(=O)[nH]c3=O)[C@@](C)(O)C2)c1. The zero-order valence-corrected chi connectivity index (χ0v) is 15.4. The lowest BCUT2D eigenvalue weighted by Crippen LogP contribution is -2.54. The highest BCUT2D eigenvalue weighted by molar-refractivity contribution is 5.28. The summed E-state index contributed by atoms with van der Waals surface area (Å²) < 4.78 is 6.72. The molecule has 2 heterocycles. The van der Waals surface area contributed by atoms with E-state index in [1.54, 1.807) is 21.0 Å². The van der Waals surface area contributed by atoms with Gasteiger partial charge in [0, 0.05) is 31.4 Å². The Kier molecular flexibility index (Phi) is 5.02. The molecular formula is C19H25N3O4. The lowest BCUT2D eigenvalue weighted by molar-refractivity contribution is -0.0603. The number of hydrogen-bond donors (Lipinski definition) is 2. The van der Waals surface area contributed by atoms with Crippen LogP contribution in [0.25, 0.3) is 0 Å². The smallest absolute Gasteiger partial charge is 0.328 e. The van der Waals surface area contributed by atoms with Gasteiger partial charge in [-0.05, 0) is 38.0 Å². The topological polar surface area (TPSA) is 87.6 Å². The van der Waals surface area contributed by atoms with Gasteiger partial charge in [-0.2, -0.15) is 0 Å². The second kappa shape index (κ2) is 7.09. The van der Waals surface area contributed by atoms with E-state index in [4.69, 9.17) is 4.74 Å². The standard InChI is InChI=1S/C19H25N3O4/c1-13-10-22(18(24)20-17(13)23)16-7-8-21(12-19(16,2)25)11-14-5-4-6-15(9-14)26-3/h4-6,9-10,16,25H,7-8,11-12H2,1-3H3,(H,20,23,24)/t16-,19-/m0/s1. The van der Waals surface area contributed by atoms with Gasteiger partial charge in [-0.25, -0.2) is 4.79 Å². The molecule has 1 aliphatic rings. The van der Waals surface area contributed by atoms with Crippen LogP contribution in [-0.2, 0) is 6.54 Å². The maximum Gasteiger partial charge on any atom is 0.328 e. The molecule has 26 heavy (non-hydrogen) atoms. The van der Waals surface area contributed by atoms with Crippen molar-refractivity contribution in [2.75, 3.05) is 20.2 Å². The van der Waals surface area contributed by atoms with Crippen LogP contribution in [0.5, 0.6) is 5.75 Å². The molecule has 0 amide bonds. The summed E-state index contributed by atoms with van der Waals surface area (Å²) in [6.45, 7) is 5.26. The number of aromatic nitrogens is 2. The molecule has 0 radical (unpaired) electrons. The van der Waals surface area contributed by atoms with Gasteiger partial charge in [-0.1, -0.05) is 12.1 Å². The van der Waals surface area contributed by atoms with Crippen LogP contribution in [0.1, 0.15) is 30.5 Å². The molecule has 0 unspecified atom stereocenters. The number of likely N-dealkylation sites (tertiary alicyclic amines) is 1. The van der Waals surface area contributed by atoms with Gasteiger partial charge >= 0.3 is 5.69 Å². The van der Waals surface area contributed by atoms with Crippen molar-refractivity contribution in [3.63, 3.8) is 0 Å². The number of aromatic amines is 1. The third-order valence-electron chi connectivity index (χ3n) is 5.00. The van der Waals surface area contributed by atoms with Crippen LogP contribution < -0.4 is 16.0 Å². The third kappa shape index (κ3) is 3.73. The van der Waals surface area contributed by atoms with Crippen molar-refractivity contribution in [3.05, 3.63) is 62.4 Å². The van der Waals surface area contributed by atoms with Gasteiger partial charge in [0.2, 0.25) is 0 Å². The number of H-pyrrole nitrogens is 1. The predicted molar refractivity (Wildman–Crippen MR) is 98.6 cm³/mol. The van der Waals surface area contributed by atoms with Crippen molar-refractivity contribution in [2.24, 2.45) is 0 Å². The normalized spacial score (nSPS) is 23.8. The van der Waals surface area contributed by atoms with Gasteiger partial charge in [0.05, 0.1) is 18.8 Å². The minimum atomic E-state index is -1.09. The highest BCUT2D eigenvalue weighted by atomic mass is 16.5. The highest BCUT2D eigenvalue weighted by Crippen LogP contribution is 2.31. The minimum Gasteiger partial charge on any atom is -0.497 e. The van der Waals surface area contributed by atoms with Gasteiger partial charge in [0.25, 0.3) is 5.56 Å². The summed E-state index contributed by atoms with van der Waals surface area (Å²) in [7, 11) is 1.64. The molecule has 1 aromatic heterocycles. The Hall–Kier alpha value is -2.38. The third-order valence-corrected chi connectivity index (χ3v) is 5.00. The number of nitrogens with one attached hydrogen (secondary N) is 1. The van der Waals surface area contributed by atoms with E-state index in [9.17, 15) is 14.7 Å². The maximum absolute atomic E-state index is 12.2. The van der Waals surface area contributed by atoms with Gasteiger partial charge in [0.15, 0.2) is 0 Å². The molecule has 1 aliphatic heterocycles. The first kappa shape index (κ1) is 18.4. The zero-order valence-electron chi connectivity index (χ0n) is 15.4. The monoisotopic (exact) mass is 359 g/mol. The molecule has 0 saturated carbocycles. The van der Waals surface area contributed by atoms with Crippen LogP contribution in [-0.4, -0.2) is 45.4 Å². The zero-order chi connectivity index (χ0) is 18.9. The fraction of sp³-hybridized carbons (Fsp3) is 0.474. The minimum absolute atomic E-state index is 0.382. The Balaban J connectivity index is 1.78. The summed E-state index contributed by atoms with van der Waals surface area (Å²) >= 11 is 0. The first-order chi connectivity index (χ1) is 12.3. The summed E-state index contributed by atoms with van der Waals surface area (Å²) in [5.41, 5.74) is -0.394. The molecular weight excluding hydrogens is 334 g/mol. The maximum atomic E-state index is 12.2. The number of β-amino-alcohol motifs (C(OH)–C–C–N with tert-alkyl or cyclic N) is 1. The van der Waals surface area contributed by atoms with E-state index in [1.807, 2.05) is 24.3 Å². The fourth-order valence-electron chi connectivity index (χ4n) is 3.67. The number of piperidine rings is 1. The average molecular weight is 359 g/mol. The second-order valence-electron chi connectivity index (χ2n) is 7.20. The molecule has 7 nitrogen and oxygen atoms in total. The quantitative estimate of drug-likeness (QED) is 0.852. The second-order valence-corrected chi connectivity index (χ2v) is 7.20. The van der Waals surface area contributed by atoms with Crippen LogP contribution >= 0.6 is 0 Å². The number of nitrogens with zero attached hydrogens (tertiary/aromatic N) is 2. The molecule has 0 bridgehead atoms. The Morgan fingerprint density at radius 1 is 1.38 bits per heavy atom. The van der Waals surface area contributed by atoms with Gasteiger partial charge in [0.1, 0.15) is 5.75 Å². The number of benzene rings is 1. The number of ether oxygens (including phenoxy) is 1. The summed E-state index contributed by atoms with van der Waals surface area (Å²) in [6, 6.07) is 7.47. The lowest BCUT2D eigenvalue weighted by Gasteiger charge is -2.43. The summed E-state index contributed by atoms with van der Waals surface area (Å²) in [6.07, 6.45) is 2.15. The summed E-state index contributed by atoms with van der Waals surface area (Å²) in [5, 5.41) is 11.0. The molecule has 1 saturated heterocycles. The molecule has 0 aliphatic carbocycles. The largest absolute Gasteiger partial charge is 0.497 e. The molecule has 2 N–H and O–H groups in total. The molecule has 2 atom stereocenters. The van der Waals surface area contributed by atoms with Crippen molar-refractivity contribution >= 4 is 0 Å². The van der Waals surface area contributed by atoms with E-state index in [2.05, 4.69) is 9.88 Å². The lowest BCUT2D eigenvalue weighted by atomic mass is 9.88. The van der Waals surface area contributed by atoms with Crippen molar-refractivity contribution < 1.29 is 9.84 Å². The van der Waals surface area contributed by atoms with Crippen LogP contribution in [0.15, 0.2) is 40.1 Å². The van der Waals surface area contributed by atoms with E-state index < -0.39 is 11.3 Å². The van der Waals surface area contributed by atoms with Crippen LogP contribution in [0, 0.1) is 6.92 Å². The Labute approximate surface area is 151 Å². The van der Waals surface area contributed by atoms with E-state index in [0.29, 0.717) is 25.1 Å². The number of aryl methyl sites for hydroxylation is 1. The molecule has 7 heteroatoms. The summed E-state index contributed by atoms with van der Waals surface area (Å²) in [5.74, 6) is 0.805. The van der Waals surface area contributed by atoms with E-state index in [-0.39, 0.29) is 11.6 Å². The highest BCUT2D eigenvalue weighted by Gasteiger charge is 2.39. The molecule has 1 aromatic carbocycles. The average Bonchev–Trinajstić information content (AvgIpc) is 2.58. The number of methoxy groups -OCH3 is 1. The van der Waals surface area contributed by atoms with Gasteiger partial charge in [-0.15, -0.1) is 0 Å². The Bertz CT molecular complexity index is 900. The van der Waals surface area contributed by atoms with Crippen LogP contribution in [0.3, 0.4) is 0 Å². The molecule has 2 aromatic rings. The van der Waals surface area contributed by atoms with Gasteiger partial charge < -0.3 is 9.84 Å². The molecule has 0 spiro atoms.